The summed E-state index contributed by atoms with van der Waals surface area (Å²) in [5, 5.41) is 8.51. The number of nitrogens with zero attached hydrogens (tertiary/aromatic N) is 6. The number of pyridine rings is 3. The standard InChI is InChI=1S/C31H29FN8/c1-19-9-22(15-33-14-19)26-13-24-27(18-35-26)38-39-30(24)31-36-28-17-34-16-25(29(28)37-31)21-10-20(11-23(32)12-21)5-4-8-40-6-2-3-7-40/h9-18H,2-8H2,1H3,(H,36,37)(H,38,39). The van der Waals surface area contributed by atoms with Crippen LogP contribution >= 0.6 is 0 Å². The lowest BCUT2D eigenvalue weighted by atomic mass is 10.0. The minimum Gasteiger partial charge on any atom is -0.335 e. The molecule has 0 spiro atoms. The lowest BCUT2D eigenvalue weighted by molar-refractivity contribution is 0.334. The zero-order valence-corrected chi connectivity index (χ0v) is 22.3. The van der Waals surface area contributed by atoms with Gasteiger partial charge in [0.25, 0.3) is 0 Å². The highest BCUT2D eigenvalue weighted by Gasteiger charge is 2.18. The number of likely N-dealkylation sites (tertiary alicyclic amines) is 1. The molecular formula is C31H29FN8. The van der Waals surface area contributed by atoms with Gasteiger partial charge in [0.2, 0.25) is 0 Å². The van der Waals surface area contributed by atoms with Gasteiger partial charge < -0.3 is 9.88 Å². The van der Waals surface area contributed by atoms with E-state index in [-0.39, 0.29) is 5.82 Å². The highest BCUT2D eigenvalue weighted by Crippen LogP contribution is 2.33. The highest BCUT2D eigenvalue weighted by molar-refractivity contribution is 5.97. The Balaban J connectivity index is 1.23. The van der Waals surface area contributed by atoms with Gasteiger partial charge in [0.15, 0.2) is 5.82 Å². The molecule has 200 valence electrons. The Kier molecular flexibility index (Phi) is 6.28. The van der Waals surface area contributed by atoms with E-state index >= 15 is 0 Å². The van der Waals surface area contributed by atoms with Crippen LogP contribution in [0.3, 0.4) is 0 Å². The first-order valence-corrected chi connectivity index (χ1v) is 13.7. The van der Waals surface area contributed by atoms with Crippen molar-refractivity contribution in [1.82, 2.24) is 40.0 Å². The Morgan fingerprint density at radius 1 is 0.900 bits per heavy atom. The molecular weight excluding hydrogens is 503 g/mol. The predicted molar refractivity (Wildman–Crippen MR) is 154 cm³/mol. The minimum atomic E-state index is -0.245. The molecule has 40 heavy (non-hydrogen) atoms. The van der Waals surface area contributed by atoms with Crippen LogP contribution in [0, 0.1) is 12.7 Å². The molecule has 6 heterocycles. The number of hydrogen-bond acceptors (Lipinski definition) is 6. The molecule has 0 radical (unpaired) electrons. The fourth-order valence-corrected chi connectivity index (χ4v) is 5.67. The fraction of sp³-hybridized carbons (Fsp3) is 0.258. The van der Waals surface area contributed by atoms with Gasteiger partial charge in [0.1, 0.15) is 11.5 Å². The van der Waals surface area contributed by atoms with E-state index in [9.17, 15) is 4.39 Å². The van der Waals surface area contributed by atoms with Crippen molar-refractivity contribution in [1.29, 1.82) is 0 Å². The number of fused-ring (bicyclic) bond motifs is 2. The second-order valence-electron chi connectivity index (χ2n) is 10.6. The van der Waals surface area contributed by atoms with Crippen LogP contribution < -0.4 is 0 Å². The molecule has 0 unspecified atom stereocenters. The molecule has 1 saturated heterocycles. The van der Waals surface area contributed by atoms with E-state index in [1.54, 1.807) is 36.9 Å². The Morgan fingerprint density at radius 3 is 2.65 bits per heavy atom. The zero-order valence-electron chi connectivity index (χ0n) is 22.3. The van der Waals surface area contributed by atoms with Crippen molar-refractivity contribution >= 4 is 21.9 Å². The molecule has 0 bridgehead atoms. The molecule has 0 atom stereocenters. The first-order valence-electron chi connectivity index (χ1n) is 13.7. The maximum Gasteiger partial charge on any atom is 0.159 e. The lowest BCUT2D eigenvalue weighted by Crippen LogP contribution is -2.20. The molecule has 9 heteroatoms. The maximum atomic E-state index is 14.8. The quantitative estimate of drug-likeness (QED) is 0.258. The van der Waals surface area contributed by atoms with Crippen molar-refractivity contribution in [3.05, 3.63) is 78.3 Å². The molecule has 0 saturated carbocycles. The van der Waals surface area contributed by atoms with Gasteiger partial charge in [-0.25, -0.2) is 9.37 Å². The molecule has 7 rings (SSSR count). The molecule has 1 aliphatic heterocycles. The van der Waals surface area contributed by atoms with E-state index in [4.69, 9.17) is 4.98 Å². The lowest BCUT2D eigenvalue weighted by Gasteiger charge is -2.14. The van der Waals surface area contributed by atoms with Gasteiger partial charge in [-0.3, -0.25) is 20.1 Å². The third-order valence-electron chi connectivity index (χ3n) is 7.64. The molecule has 2 N–H and O–H groups in total. The second-order valence-corrected chi connectivity index (χ2v) is 10.6. The van der Waals surface area contributed by atoms with Crippen molar-refractivity contribution < 1.29 is 4.39 Å². The van der Waals surface area contributed by atoms with Crippen molar-refractivity contribution in [2.75, 3.05) is 19.6 Å². The van der Waals surface area contributed by atoms with Crippen LogP contribution in [0.5, 0.6) is 0 Å². The van der Waals surface area contributed by atoms with E-state index < -0.39 is 0 Å². The monoisotopic (exact) mass is 532 g/mol. The second kappa shape index (κ2) is 10.2. The van der Waals surface area contributed by atoms with Gasteiger partial charge in [-0.05, 0) is 93.2 Å². The number of H-pyrrole nitrogens is 2. The Labute approximate surface area is 230 Å². The summed E-state index contributed by atoms with van der Waals surface area (Å²) < 4.78 is 14.8. The minimum absolute atomic E-state index is 0.245. The maximum absolute atomic E-state index is 14.8. The number of aryl methyl sites for hydroxylation is 2. The fourth-order valence-electron chi connectivity index (χ4n) is 5.67. The molecule has 8 nitrogen and oxygen atoms in total. The van der Waals surface area contributed by atoms with Crippen molar-refractivity contribution in [3.63, 3.8) is 0 Å². The number of aromatic nitrogens is 7. The van der Waals surface area contributed by atoms with Crippen molar-refractivity contribution in [2.24, 2.45) is 0 Å². The van der Waals surface area contributed by atoms with Crippen molar-refractivity contribution in [3.8, 4) is 33.9 Å². The third-order valence-corrected chi connectivity index (χ3v) is 7.64. The number of rotatable bonds is 7. The summed E-state index contributed by atoms with van der Waals surface area (Å²) in [7, 11) is 0. The van der Waals surface area contributed by atoms with Crippen LogP contribution in [-0.2, 0) is 6.42 Å². The summed E-state index contributed by atoms with van der Waals surface area (Å²) in [6.45, 7) is 5.42. The topological polar surface area (TPSA) is 99.3 Å². The first kappa shape index (κ1) is 24.5. The summed E-state index contributed by atoms with van der Waals surface area (Å²) in [6, 6.07) is 9.32. The normalized spacial score (nSPS) is 14.1. The van der Waals surface area contributed by atoms with E-state index in [1.165, 1.54) is 25.9 Å². The number of hydrogen-bond donors (Lipinski definition) is 2. The predicted octanol–water partition coefficient (Wildman–Crippen LogP) is 6.10. The average molecular weight is 533 g/mol. The number of benzene rings is 1. The first-order chi connectivity index (χ1) is 19.6. The van der Waals surface area contributed by atoms with E-state index in [0.29, 0.717) is 11.5 Å². The molecule has 6 aromatic rings. The molecule has 5 aromatic heterocycles. The summed E-state index contributed by atoms with van der Waals surface area (Å²) in [5.41, 5.74) is 8.35. The summed E-state index contributed by atoms with van der Waals surface area (Å²) in [5.74, 6) is 0.364. The van der Waals surface area contributed by atoms with Gasteiger partial charge in [0.05, 0.1) is 34.6 Å². The van der Waals surface area contributed by atoms with E-state index in [0.717, 1.165) is 74.8 Å². The Morgan fingerprint density at radius 2 is 1.77 bits per heavy atom. The summed E-state index contributed by atoms with van der Waals surface area (Å²) >= 11 is 0. The van der Waals surface area contributed by atoms with E-state index in [1.807, 2.05) is 19.2 Å². The number of aromatic amines is 2. The van der Waals surface area contributed by atoms with Gasteiger partial charge in [0, 0.05) is 35.1 Å². The summed E-state index contributed by atoms with van der Waals surface area (Å²) in [4.78, 5) is 24.1. The smallest absolute Gasteiger partial charge is 0.159 e. The average Bonchev–Trinajstić information content (AvgIpc) is 3.72. The van der Waals surface area contributed by atoms with Gasteiger partial charge in [-0.2, -0.15) is 5.10 Å². The third kappa shape index (κ3) is 4.73. The van der Waals surface area contributed by atoms with Crippen LogP contribution in [-0.4, -0.2) is 59.7 Å². The van der Waals surface area contributed by atoms with Crippen LogP contribution in [0.25, 0.3) is 55.8 Å². The van der Waals surface area contributed by atoms with Crippen molar-refractivity contribution in [2.45, 2.75) is 32.6 Å². The largest absolute Gasteiger partial charge is 0.335 e. The number of nitrogens with one attached hydrogen (secondary N) is 2. The highest BCUT2D eigenvalue weighted by atomic mass is 19.1. The molecule has 1 fully saturated rings. The molecule has 0 amide bonds. The van der Waals surface area contributed by atoms with Crippen LogP contribution in [0.4, 0.5) is 4.39 Å². The molecule has 0 aliphatic carbocycles. The Hall–Kier alpha value is -4.50. The Bertz CT molecular complexity index is 1830. The number of halogens is 1. The van der Waals surface area contributed by atoms with Crippen LogP contribution in [0.15, 0.2) is 61.3 Å². The van der Waals surface area contributed by atoms with Crippen LogP contribution in [0.1, 0.15) is 30.4 Å². The van der Waals surface area contributed by atoms with Gasteiger partial charge in [-0.15, -0.1) is 0 Å². The molecule has 1 aliphatic rings. The number of imidazole rings is 1. The molecule has 1 aromatic carbocycles. The van der Waals surface area contributed by atoms with Crippen LogP contribution in [0.2, 0.25) is 0 Å². The van der Waals surface area contributed by atoms with E-state index in [2.05, 4.69) is 47.2 Å². The SMILES string of the molecule is Cc1cncc(-c2cc3c(-c4nc5c(-c6cc(F)cc(CCCN7CCCC7)c6)cncc5[nH]4)n[nH]c3cn2)c1. The zero-order chi connectivity index (χ0) is 27.1. The van der Waals surface area contributed by atoms with Gasteiger partial charge in [-0.1, -0.05) is 6.07 Å². The summed E-state index contributed by atoms with van der Waals surface area (Å²) in [6.07, 6.45) is 13.3. The van der Waals surface area contributed by atoms with Gasteiger partial charge >= 0.3 is 0 Å².